The van der Waals surface area contributed by atoms with Gasteiger partial charge >= 0.3 is 5.97 Å². The van der Waals surface area contributed by atoms with Crippen LogP contribution in [-0.4, -0.2) is 60.5 Å². The number of phenols is 1. The topological polar surface area (TPSA) is 101 Å². The molecule has 0 aromatic heterocycles. The predicted molar refractivity (Wildman–Crippen MR) is 92.2 cm³/mol. The van der Waals surface area contributed by atoms with Gasteiger partial charge in [0, 0.05) is 12.6 Å². The van der Waals surface area contributed by atoms with E-state index in [1.165, 1.54) is 24.0 Å². The zero-order chi connectivity index (χ0) is 18.8. The molecular weight excluding hydrogens is 346 g/mol. The molecule has 1 fully saturated rings. The maximum absolute atomic E-state index is 12.6. The lowest BCUT2D eigenvalue weighted by Gasteiger charge is -2.29. The van der Waals surface area contributed by atoms with Gasteiger partial charge in [0.25, 0.3) is 5.91 Å². The van der Waals surface area contributed by atoms with Gasteiger partial charge in [-0.1, -0.05) is 6.07 Å². The number of rotatable bonds is 5. The van der Waals surface area contributed by atoms with E-state index in [4.69, 9.17) is 4.74 Å². The van der Waals surface area contributed by atoms with Crippen molar-refractivity contribution in [3.63, 3.8) is 0 Å². The molecule has 8 heteroatoms. The zero-order valence-electron chi connectivity index (χ0n) is 14.6. The number of likely N-dealkylation sites (N-methyl/N-ethyl adjacent to an activating group) is 1. The van der Waals surface area contributed by atoms with Crippen molar-refractivity contribution < 1.29 is 27.9 Å². The van der Waals surface area contributed by atoms with E-state index in [2.05, 4.69) is 0 Å². The monoisotopic (exact) mass is 369 g/mol. The molecule has 1 heterocycles. The molecule has 0 radical (unpaired) electrons. The van der Waals surface area contributed by atoms with Crippen LogP contribution >= 0.6 is 0 Å². The number of carbonyl (C=O) groups is 2. The summed E-state index contributed by atoms with van der Waals surface area (Å²) in [5, 5.41) is 9.84. The first kappa shape index (κ1) is 19.2. The van der Waals surface area contributed by atoms with Crippen LogP contribution in [0.2, 0.25) is 0 Å². The normalized spacial score (nSPS) is 20.0. The minimum Gasteiger partial charge on any atom is -0.507 e. The van der Waals surface area contributed by atoms with E-state index in [-0.39, 0.29) is 22.8 Å². The maximum Gasteiger partial charge on any atom is 0.342 e. The minimum absolute atomic E-state index is 0.0169. The lowest BCUT2D eigenvalue weighted by molar-refractivity contribution is -0.141. The van der Waals surface area contributed by atoms with Gasteiger partial charge in [0.2, 0.25) is 0 Å². The Morgan fingerprint density at radius 3 is 2.60 bits per heavy atom. The van der Waals surface area contributed by atoms with Crippen molar-refractivity contribution >= 4 is 21.7 Å². The van der Waals surface area contributed by atoms with Crippen molar-refractivity contribution in [2.45, 2.75) is 39.3 Å². The average Bonchev–Trinajstić information content (AvgIpc) is 2.87. The molecule has 0 spiro atoms. The van der Waals surface area contributed by atoms with Gasteiger partial charge in [-0.25, -0.2) is 13.2 Å². The molecule has 1 aliphatic rings. The van der Waals surface area contributed by atoms with Gasteiger partial charge in [-0.05, 0) is 44.9 Å². The van der Waals surface area contributed by atoms with E-state index in [1.807, 2.05) is 0 Å². The molecule has 138 valence electrons. The third-order valence-electron chi connectivity index (χ3n) is 4.28. The van der Waals surface area contributed by atoms with Crippen LogP contribution in [-0.2, 0) is 19.4 Å². The fourth-order valence-corrected chi connectivity index (χ4v) is 4.67. The molecule has 0 bridgehead atoms. The number of carbonyl (C=O) groups excluding carboxylic acids is 2. The highest BCUT2D eigenvalue weighted by Crippen LogP contribution is 2.22. The number of aryl methyl sites for hydroxylation is 1. The van der Waals surface area contributed by atoms with Crippen LogP contribution in [0, 0.1) is 6.92 Å². The van der Waals surface area contributed by atoms with E-state index in [0.29, 0.717) is 13.0 Å². The highest BCUT2D eigenvalue weighted by atomic mass is 32.2. The van der Waals surface area contributed by atoms with Gasteiger partial charge in [0.1, 0.15) is 11.3 Å². The molecule has 1 amide bonds. The number of benzene rings is 1. The molecule has 0 unspecified atom stereocenters. The number of amides is 1. The first-order valence-corrected chi connectivity index (χ1v) is 9.98. The van der Waals surface area contributed by atoms with E-state index < -0.39 is 33.9 Å². The van der Waals surface area contributed by atoms with Crippen LogP contribution in [0.3, 0.4) is 0 Å². The molecule has 0 aliphatic carbocycles. The third kappa shape index (κ3) is 4.50. The summed E-state index contributed by atoms with van der Waals surface area (Å²) in [5.41, 5.74) is 0.773. The van der Waals surface area contributed by atoms with Crippen LogP contribution in [0.15, 0.2) is 18.2 Å². The Morgan fingerprint density at radius 2 is 2.08 bits per heavy atom. The van der Waals surface area contributed by atoms with Gasteiger partial charge in [0.15, 0.2) is 15.9 Å². The van der Waals surface area contributed by atoms with Crippen molar-refractivity contribution in [2.75, 3.05) is 18.1 Å². The minimum atomic E-state index is -3.12. The Balaban J connectivity index is 2.06. The molecule has 7 nitrogen and oxygen atoms in total. The fraction of sp³-hybridized carbons (Fsp3) is 0.529. The largest absolute Gasteiger partial charge is 0.507 e. The molecule has 0 saturated carbocycles. The number of aromatic hydroxyl groups is 1. The molecule has 1 aliphatic heterocycles. The van der Waals surface area contributed by atoms with E-state index in [9.17, 15) is 23.1 Å². The summed E-state index contributed by atoms with van der Waals surface area (Å²) in [6.07, 6.45) is -0.683. The number of hydrogen-bond acceptors (Lipinski definition) is 6. The highest BCUT2D eigenvalue weighted by molar-refractivity contribution is 7.91. The van der Waals surface area contributed by atoms with Crippen LogP contribution in [0.25, 0.3) is 0 Å². The molecule has 25 heavy (non-hydrogen) atoms. The van der Waals surface area contributed by atoms with Gasteiger partial charge in [-0.15, -0.1) is 0 Å². The Labute approximate surface area is 147 Å². The van der Waals surface area contributed by atoms with Crippen molar-refractivity contribution in [1.82, 2.24) is 4.90 Å². The molecule has 1 N–H and O–H groups in total. The summed E-state index contributed by atoms with van der Waals surface area (Å²) in [6, 6.07) is 4.14. The van der Waals surface area contributed by atoms with Crippen molar-refractivity contribution in [3.05, 3.63) is 29.3 Å². The van der Waals surface area contributed by atoms with E-state index in [1.54, 1.807) is 19.9 Å². The smallest absolute Gasteiger partial charge is 0.342 e. The Kier molecular flexibility index (Phi) is 5.72. The lowest BCUT2D eigenvalue weighted by Crippen LogP contribution is -2.46. The first-order valence-electron chi connectivity index (χ1n) is 8.16. The number of esters is 1. The van der Waals surface area contributed by atoms with Gasteiger partial charge in [0.05, 0.1) is 11.5 Å². The molecule has 1 saturated heterocycles. The Hall–Kier alpha value is -2.09. The van der Waals surface area contributed by atoms with Gasteiger partial charge in [-0.3, -0.25) is 4.79 Å². The Bertz CT molecular complexity index is 773. The predicted octanol–water partition coefficient (Wildman–Crippen LogP) is 1.28. The van der Waals surface area contributed by atoms with Crippen LogP contribution < -0.4 is 0 Å². The number of phenolic OH excluding ortho intramolecular Hbond substituents is 1. The van der Waals surface area contributed by atoms with E-state index >= 15 is 0 Å². The second kappa shape index (κ2) is 7.43. The second-order valence-electron chi connectivity index (χ2n) is 6.25. The van der Waals surface area contributed by atoms with Gasteiger partial charge in [-0.2, -0.15) is 0 Å². The second-order valence-corrected chi connectivity index (χ2v) is 8.48. The van der Waals surface area contributed by atoms with Crippen LogP contribution in [0.1, 0.15) is 36.2 Å². The zero-order valence-corrected chi connectivity index (χ0v) is 15.4. The molecular formula is C17H23NO6S. The van der Waals surface area contributed by atoms with Crippen molar-refractivity contribution in [3.8, 4) is 5.75 Å². The molecule has 1 aromatic rings. The number of sulfone groups is 1. The van der Waals surface area contributed by atoms with Crippen LogP contribution in [0.4, 0.5) is 0 Å². The third-order valence-corrected chi connectivity index (χ3v) is 6.03. The van der Waals surface area contributed by atoms with Crippen LogP contribution in [0.5, 0.6) is 5.75 Å². The summed E-state index contributed by atoms with van der Waals surface area (Å²) in [5.74, 6) is -1.45. The quantitative estimate of drug-likeness (QED) is 0.785. The Morgan fingerprint density at radius 1 is 1.40 bits per heavy atom. The summed E-state index contributed by atoms with van der Waals surface area (Å²) in [6.45, 7) is 5.30. The number of hydrogen-bond donors (Lipinski definition) is 1. The average molecular weight is 369 g/mol. The summed E-state index contributed by atoms with van der Waals surface area (Å²) in [7, 11) is -3.12. The fourth-order valence-electron chi connectivity index (χ4n) is 2.94. The summed E-state index contributed by atoms with van der Waals surface area (Å²) >= 11 is 0. The number of nitrogens with zero attached hydrogens (tertiary/aromatic N) is 1. The molecule has 2 rings (SSSR count). The maximum atomic E-state index is 12.6. The SMILES string of the molecule is CCN(C(=O)[C@@H](C)OC(=O)c1ccc(C)cc1O)[C@H]1CCS(=O)(=O)C1. The van der Waals surface area contributed by atoms with Crippen molar-refractivity contribution in [1.29, 1.82) is 0 Å². The lowest BCUT2D eigenvalue weighted by atomic mass is 10.1. The van der Waals surface area contributed by atoms with Crippen molar-refractivity contribution in [2.24, 2.45) is 0 Å². The summed E-state index contributed by atoms with van der Waals surface area (Å²) < 4.78 is 28.4. The highest BCUT2D eigenvalue weighted by Gasteiger charge is 2.36. The molecule has 1 aromatic carbocycles. The number of ether oxygens (including phenoxy) is 1. The molecule has 2 atom stereocenters. The standard InChI is InChI=1S/C17H23NO6S/c1-4-18(13-7-8-25(22,23)10-13)16(20)12(3)24-17(21)14-6-5-11(2)9-15(14)19/h5-6,9,12-13,19H,4,7-8,10H2,1-3H3/t12-,13+/m1/s1. The van der Waals surface area contributed by atoms with Gasteiger partial charge < -0.3 is 14.7 Å². The summed E-state index contributed by atoms with van der Waals surface area (Å²) in [4.78, 5) is 26.2. The first-order chi connectivity index (χ1) is 11.6. The van der Waals surface area contributed by atoms with E-state index in [0.717, 1.165) is 5.56 Å².